The van der Waals surface area contributed by atoms with Crippen LogP contribution in [0, 0.1) is 0 Å². The minimum Gasteiger partial charge on any atom is -0.352 e. The average Bonchev–Trinajstić information content (AvgIpc) is 2.91. The van der Waals surface area contributed by atoms with E-state index < -0.39 is 32.2 Å². The van der Waals surface area contributed by atoms with Gasteiger partial charge in [-0.05, 0) is 74.7 Å². The molecule has 1 aliphatic heterocycles. The Morgan fingerprint density at radius 1 is 1.22 bits per heavy atom. The molecule has 2 aromatic rings. The van der Waals surface area contributed by atoms with Gasteiger partial charge >= 0.3 is 6.18 Å². The van der Waals surface area contributed by atoms with Crippen LogP contribution in [0.5, 0.6) is 0 Å². The highest BCUT2D eigenvalue weighted by atomic mass is 35.5. The third-order valence-corrected chi connectivity index (χ3v) is 9.54. The molecule has 3 rings (SSSR count). The molecule has 14 heteroatoms. The summed E-state index contributed by atoms with van der Waals surface area (Å²) in [6, 6.07) is 7.52. The highest BCUT2D eigenvalue weighted by Crippen LogP contribution is 2.37. The van der Waals surface area contributed by atoms with Crippen LogP contribution in [0.4, 0.5) is 13.2 Å². The van der Waals surface area contributed by atoms with Crippen LogP contribution in [-0.4, -0.2) is 55.5 Å². The van der Waals surface area contributed by atoms with Crippen LogP contribution in [0.2, 0.25) is 5.02 Å². The second-order valence-corrected chi connectivity index (χ2v) is 13.5. The van der Waals surface area contributed by atoms with Gasteiger partial charge in [0.15, 0.2) is 9.84 Å². The molecule has 8 nitrogen and oxygen atoms in total. The molecule has 0 aliphatic carbocycles. The van der Waals surface area contributed by atoms with Gasteiger partial charge in [-0.3, -0.25) is 14.5 Å². The fraction of sp³-hybridized carbons (Fsp3) is 0.481. The molecule has 1 heterocycles. The van der Waals surface area contributed by atoms with E-state index in [1.165, 1.54) is 31.2 Å². The lowest BCUT2D eigenvalue weighted by molar-refractivity contribution is -0.138. The number of carbonyl (C=O) groups is 2. The molecule has 0 spiro atoms. The first-order valence-electron chi connectivity index (χ1n) is 13.1. The van der Waals surface area contributed by atoms with E-state index in [-0.39, 0.29) is 52.5 Å². The van der Waals surface area contributed by atoms with Gasteiger partial charge < -0.3 is 16.4 Å². The van der Waals surface area contributed by atoms with E-state index in [0.717, 1.165) is 6.07 Å². The first kappa shape index (κ1) is 33.1. The van der Waals surface area contributed by atoms with Gasteiger partial charge in [0.05, 0.1) is 10.5 Å². The minimum absolute atomic E-state index is 0.0337. The van der Waals surface area contributed by atoms with Crippen molar-refractivity contribution in [2.75, 3.05) is 19.6 Å². The molecule has 1 saturated heterocycles. The van der Waals surface area contributed by atoms with Crippen molar-refractivity contribution in [3.05, 3.63) is 63.7 Å². The van der Waals surface area contributed by atoms with Crippen LogP contribution in [0.1, 0.15) is 59.7 Å². The largest absolute Gasteiger partial charge is 0.416 e. The van der Waals surface area contributed by atoms with Gasteiger partial charge in [0.1, 0.15) is 4.71 Å². The van der Waals surface area contributed by atoms with Crippen molar-refractivity contribution >= 4 is 44.9 Å². The molecule has 41 heavy (non-hydrogen) atoms. The van der Waals surface area contributed by atoms with Crippen LogP contribution in [0.25, 0.3) is 0 Å². The molecule has 0 saturated carbocycles. The summed E-state index contributed by atoms with van der Waals surface area (Å²) in [6.45, 7) is 2.37. The number of piperidine rings is 1. The molecule has 0 aromatic heterocycles. The van der Waals surface area contributed by atoms with Gasteiger partial charge in [0.2, 0.25) is 5.91 Å². The fourth-order valence-corrected chi connectivity index (χ4v) is 6.14. The number of carbonyl (C=O) groups excluding carboxylic acids is 2. The third-order valence-electron chi connectivity index (χ3n) is 6.73. The maximum atomic E-state index is 14.1. The summed E-state index contributed by atoms with van der Waals surface area (Å²) in [7, 11) is -3.77. The average molecular weight is 638 g/mol. The molecular formula is C27H33Cl2F3N4O4S. The SMILES string of the molecule is CC(Cl)S(=O)(=O)c1cccc(CNC(=O)c2cc(Cl)c(CN3CCC[C@H](NC(=O)CCCN)C3)c(C(F)(F)F)c2)c1. The molecule has 2 atom stereocenters. The Bertz CT molecular complexity index is 1360. The summed E-state index contributed by atoms with van der Waals surface area (Å²) in [5, 5.41) is 5.23. The Balaban J connectivity index is 1.75. The zero-order chi connectivity index (χ0) is 30.4. The van der Waals surface area contributed by atoms with E-state index in [9.17, 15) is 31.2 Å². The number of rotatable bonds is 11. The number of sulfone groups is 1. The summed E-state index contributed by atoms with van der Waals surface area (Å²) < 4.78 is 65.8. The molecule has 4 N–H and O–H groups in total. The lowest BCUT2D eigenvalue weighted by Gasteiger charge is -2.34. The van der Waals surface area contributed by atoms with E-state index >= 15 is 0 Å². The van der Waals surface area contributed by atoms with E-state index in [2.05, 4.69) is 10.6 Å². The van der Waals surface area contributed by atoms with Crippen molar-refractivity contribution < 1.29 is 31.2 Å². The van der Waals surface area contributed by atoms with Crippen LogP contribution in [0.3, 0.4) is 0 Å². The van der Waals surface area contributed by atoms with E-state index in [1.54, 1.807) is 11.0 Å². The van der Waals surface area contributed by atoms with E-state index in [1.807, 2.05) is 0 Å². The van der Waals surface area contributed by atoms with Crippen LogP contribution >= 0.6 is 23.2 Å². The molecule has 1 fully saturated rings. The molecular weight excluding hydrogens is 604 g/mol. The number of nitrogens with two attached hydrogens (primary N) is 1. The predicted molar refractivity (Wildman–Crippen MR) is 151 cm³/mol. The number of nitrogens with zero attached hydrogens (tertiary/aromatic N) is 1. The number of amides is 2. The van der Waals surface area contributed by atoms with Gasteiger partial charge in [-0.2, -0.15) is 13.2 Å². The first-order valence-corrected chi connectivity index (χ1v) is 15.4. The molecule has 1 unspecified atom stereocenters. The second kappa shape index (κ2) is 14.2. The number of nitrogens with one attached hydrogen (secondary N) is 2. The summed E-state index contributed by atoms with van der Waals surface area (Å²) in [5.74, 6) is -0.949. The summed E-state index contributed by atoms with van der Waals surface area (Å²) in [4.78, 5) is 26.7. The van der Waals surface area contributed by atoms with Gasteiger partial charge in [0.25, 0.3) is 5.91 Å². The Kier molecular flexibility index (Phi) is 11.5. The van der Waals surface area contributed by atoms with Crippen molar-refractivity contribution in [1.82, 2.24) is 15.5 Å². The Morgan fingerprint density at radius 3 is 2.61 bits per heavy atom. The number of hydrogen-bond acceptors (Lipinski definition) is 6. The molecule has 1 aliphatic rings. The zero-order valence-electron chi connectivity index (χ0n) is 22.4. The van der Waals surface area contributed by atoms with Crippen molar-refractivity contribution in [1.29, 1.82) is 0 Å². The number of hydrogen-bond donors (Lipinski definition) is 3. The highest BCUT2D eigenvalue weighted by Gasteiger charge is 2.36. The summed E-state index contributed by atoms with van der Waals surface area (Å²) in [5.41, 5.74) is 4.40. The monoisotopic (exact) mass is 636 g/mol. The van der Waals surface area contributed by atoms with Crippen molar-refractivity contribution in [3.63, 3.8) is 0 Å². The predicted octanol–water partition coefficient (Wildman–Crippen LogP) is 4.47. The number of benzene rings is 2. The Labute approximate surface area is 247 Å². The first-order chi connectivity index (χ1) is 19.2. The quantitative estimate of drug-likeness (QED) is 0.313. The molecule has 0 bridgehead atoms. The molecule has 226 valence electrons. The normalized spacial score (nSPS) is 17.2. The van der Waals surface area contributed by atoms with Crippen LogP contribution < -0.4 is 16.4 Å². The van der Waals surface area contributed by atoms with Crippen molar-refractivity contribution in [2.45, 2.75) is 67.5 Å². The number of halogens is 5. The lowest BCUT2D eigenvalue weighted by Crippen LogP contribution is -2.47. The number of alkyl halides is 4. The molecule has 2 amide bonds. The van der Waals surface area contributed by atoms with Gasteiger partial charge in [0, 0.05) is 42.7 Å². The standard InChI is InChI=1S/C27H33Cl2F3N4O4S/c1-17(28)41(39,40)21-7-2-5-18(11-21)14-34-26(38)19-12-23(27(30,31)32)22(24(29)13-19)16-36-10-4-6-20(15-36)35-25(37)8-3-9-33/h2,5,7,11-13,17,20H,3-4,6,8-10,14-16,33H2,1H3,(H,34,38)(H,35,37)/t17?,20-/m0/s1. The van der Waals surface area contributed by atoms with Crippen LogP contribution in [0.15, 0.2) is 41.3 Å². The van der Waals surface area contributed by atoms with Gasteiger partial charge in [-0.25, -0.2) is 8.42 Å². The van der Waals surface area contributed by atoms with Crippen molar-refractivity contribution in [2.24, 2.45) is 5.73 Å². The summed E-state index contributed by atoms with van der Waals surface area (Å²) in [6.07, 6.45) is -2.54. The van der Waals surface area contributed by atoms with Crippen LogP contribution in [-0.2, 0) is 33.9 Å². The maximum absolute atomic E-state index is 14.1. The van der Waals surface area contributed by atoms with Gasteiger partial charge in [-0.1, -0.05) is 23.7 Å². The Hall–Kier alpha value is -2.38. The van der Waals surface area contributed by atoms with E-state index in [4.69, 9.17) is 28.9 Å². The number of likely N-dealkylation sites (tertiary alicyclic amines) is 1. The van der Waals surface area contributed by atoms with Crippen molar-refractivity contribution in [3.8, 4) is 0 Å². The fourth-order valence-electron chi connectivity index (χ4n) is 4.59. The Morgan fingerprint density at radius 2 is 1.95 bits per heavy atom. The van der Waals surface area contributed by atoms with Gasteiger partial charge in [-0.15, -0.1) is 11.6 Å². The second-order valence-electron chi connectivity index (χ2n) is 9.93. The van der Waals surface area contributed by atoms with E-state index in [0.29, 0.717) is 44.5 Å². The third kappa shape index (κ3) is 9.05. The zero-order valence-corrected chi connectivity index (χ0v) is 24.8. The minimum atomic E-state index is -4.78. The highest BCUT2D eigenvalue weighted by molar-refractivity contribution is 7.93. The summed E-state index contributed by atoms with van der Waals surface area (Å²) >= 11 is 12.1. The smallest absolute Gasteiger partial charge is 0.352 e. The maximum Gasteiger partial charge on any atom is 0.416 e. The molecule has 2 aromatic carbocycles. The molecule has 0 radical (unpaired) electrons. The lowest BCUT2D eigenvalue weighted by atomic mass is 9.99. The topological polar surface area (TPSA) is 122 Å².